The lowest BCUT2D eigenvalue weighted by molar-refractivity contribution is -0.153. The molecule has 1 aliphatic rings. The largest absolute Gasteiger partial charge is 0.397 e. The lowest BCUT2D eigenvalue weighted by Gasteiger charge is -2.11. The summed E-state index contributed by atoms with van der Waals surface area (Å²) in [5.74, 6) is -1.20. The second-order valence-corrected chi connectivity index (χ2v) is 3.33. The van der Waals surface area contributed by atoms with E-state index >= 15 is 0 Å². The van der Waals surface area contributed by atoms with Crippen molar-refractivity contribution in [2.24, 2.45) is 0 Å². The molecule has 6 heteroatoms. The van der Waals surface area contributed by atoms with E-state index in [9.17, 15) is 22.8 Å². The summed E-state index contributed by atoms with van der Waals surface area (Å²) in [6.45, 7) is 1.50. The number of hydrogen-bond acceptors (Lipinski definition) is 2. The Bertz CT molecular complexity index is 487. The Hall–Kier alpha value is -2.03. The predicted molar refractivity (Wildman–Crippen MR) is 52.7 cm³/mol. The smallest absolute Gasteiger partial charge is 0.319 e. The third-order valence-electron chi connectivity index (χ3n) is 1.99. The first-order valence-corrected chi connectivity index (χ1v) is 4.58. The van der Waals surface area contributed by atoms with Crippen molar-refractivity contribution >= 4 is 12.2 Å². The van der Waals surface area contributed by atoms with Gasteiger partial charge in [-0.25, -0.2) is 0 Å². The third kappa shape index (κ3) is 3.79. The average molecular weight is 243 g/mol. The molecule has 0 saturated carbocycles. The van der Waals surface area contributed by atoms with Crippen molar-refractivity contribution in [3.8, 4) is 0 Å². The molecule has 17 heavy (non-hydrogen) atoms. The van der Waals surface area contributed by atoms with Crippen LogP contribution in [0.25, 0.3) is 0 Å². The molecule has 0 aliphatic heterocycles. The Labute approximate surface area is 95.0 Å². The van der Waals surface area contributed by atoms with Gasteiger partial charge in [0.25, 0.3) is 0 Å². The molecule has 0 atom stereocenters. The van der Waals surface area contributed by atoms with Gasteiger partial charge in [0.2, 0.25) is 5.91 Å². The second-order valence-electron chi connectivity index (χ2n) is 3.33. The van der Waals surface area contributed by atoms with Crippen LogP contribution in [0.15, 0.2) is 34.4 Å². The number of hydrogen-bond donors (Lipinski definition) is 1. The van der Waals surface area contributed by atoms with Crippen molar-refractivity contribution in [2.75, 3.05) is 0 Å². The second kappa shape index (κ2) is 4.87. The van der Waals surface area contributed by atoms with Crippen LogP contribution in [-0.4, -0.2) is 18.4 Å². The highest BCUT2D eigenvalue weighted by atomic mass is 19.4. The van der Waals surface area contributed by atoms with Gasteiger partial charge in [-0.1, -0.05) is 5.73 Å². The van der Waals surface area contributed by atoms with Crippen LogP contribution in [0.1, 0.15) is 13.3 Å². The molecule has 0 aromatic carbocycles. The summed E-state index contributed by atoms with van der Waals surface area (Å²) < 4.78 is 35.8. The van der Waals surface area contributed by atoms with Gasteiger partial charge in [0.15, 0.2) is 6.29 Å². The molecule has 0 radical (unpaired) electrons. The maximum Gasteiger partial charge on any atom is 0.397 e. The monoisotopic (exact) mass is 243 g/mol. The number of allylic oxidation sites excluding steroid dienone is 3. The summed E-state index contributed by atoms with van der Waals surface area (Å²) in [6.07, 6.45) is -4.28. The molecule has 1 amide bonds. The van der Waals surface area contributed by atoms with Crippen molar-refractivity contribution < 1.29 is 22.8 Å². The van der Waals surface area contributed by atoms with Crippen molar-refractivity contribution in [3.05, 3.63) is 34.4 Å². The van der Waals surface area contributed by atoms with Crippen LogP contribution in [0.2, 0.25) is 0 Å². The number of halogens is 3. The number of nitrogens with one attached hydrogen (secondary N) is 1. The molecular formula is C11H8F3NO2. The maximum atomic E-state index is 11.9. The summed E-state index contributed by atoms with van der Waals surface area (Å²) in [4.78, 5) is 21.6. The van der Waals surface area contributed by atoms with E-state index in [0.29, 0.717) is 11.9 Å². The van der Waals surface area contributed by atoms with Crippen LogP contribution in [0.3, 0.4) is 0 Å². The van der Waals surface area contributed by atoms with E-state index in [-0.39, 0.29) is 11.3 Å². The van der Waals surface area contributed by atoms with Gasteiger partial charge in [0, 0.05) is 5.57 Å². The lowest BCUT2D eigenvalue weighted by Crippen LogP contribution is -2.28. The molecule has 0 saturated heterocycles. The Balaban J connectivity index is 2.81. The number of rotatable bonds is 3. The molecule has 90 valence electrons. The fraction of sp³-hybridized carbons (Fsp3) is 0.273. The Morgan fingerprint density at radius 2 is 2.18 bits per heavy atom. The van der Waals surface area contributed by atoms with E-state index in [1.54, 1.807) is 0 Å². The number of carbonyl (C=O) groups is 2. The first kappa shape index (κ1) is 13.0. The highest BCUT2D eigenvalue weighted by Gasteiger charge is 2.31. The van der Waals surface area contributed by atoms with Gasteiger partial charge >= 0.3 is 6.18 Å². The van der Waals surface area contributed by atoms with E-state index in [1.165, 1.54) is 13.0 Å². The van der Waals surface area contributed by atoms with Gasteiger partial charge in [-0.15, -0.1) is 0 Å². The van der Waals surface area contributed by atoms with E-state index in [4.69, 9.17) is 0 Å². The fourth-order valence-electron chi connectivity index (χ4n) is 1.15. The Kier molecular flexibility index (Phi) is 3.73. The maximum absolute atomic E-state index is 11.9. The SMILES string of the molecule is CC1=C(C=O)C=C=C=C1NC(=O)CC(F)(F)F. The van der Waals surface area contributed by atoms with E-state index in [2.05, 4.69) is 11.5 Å². The topological polar surface area (TPSA) is 46.2 Å². The normalized spacial score (nSPS) is 14.7. The third-order valence-corrected chi connectivity index (χ3v) is 1.99. The minimum Gasteiger partial charge on any atom is -0.319 e. The van der Waals surface area contributed by atoms with Crippen molar-refractivity contribution in [3.63, 3.8) is 0 Å². The molecular weight excluding hydrogens is 235 g/mol. The van der Waals surface area contributed by atoms with Gasteiger partial charge in [0.05, 0.1) is 5.70 Å². The van der Waals surface area contributed by atoms with Crippen LogP contribution in [0, 0.1) is 0 Å². The van der Waals surface area contributed by atoms with E-state index in [0.717, 1.165) is 0 Å². The standard InChI is InChI=1S/C11H8F3NO2/c1-7-8(6-16)3-2-4-9(7)15-10(17)5-11(12,13)14/h3,6H,5H2,1H3,(H,15,17). The van der Waals surface area contributed by atoms with Crippen LogP contribution in [0.4, 0.5) is 13.2 Å². The van der Waals surface area contributed by atoms with E-state index in [1.807, 2.05) is 5.32 Å². The first-order valence-electron chi connectivity index (χ1n) is 4.58. The lowest BCUT2D eigenvalue weighted by atomic mass is 10.1. The zero-order chi connectivity index (χ0) is 13.1. The van der Waals surface area contributed by atoms with Crippen LogP contribution >= 0.6 is 0 Å². The van der Waals surface area contributed by atoms with Gasteiger partial charge < -0.3 is 5.32 Å². The van der Waals surface area contributed by atoms with Crippen molar-refractivity contribution in [1.82, 2.24) is 5.32 Å². The molecule has 3 nitrogen and oxygen atoms in total. The predicted octanol–water partition coefficient (Wildman–Crippen LogP) is 1.78. The Morgan fingerprint density at radius 1 is 1.53 bits per heavy atom. The molecule has 0 bridgehead atoms. The average Bonchev–Trinajstić information content (AvgIpc) is 2.18. The van der Waals surface area contributed by atoms with Crippen LogP contribution in [-0.2, 0) is 9.59 Å². The van der Waals surface area contributed by atoms with Crippen molar-refractivity contribution in [1.29, 1.82) is 0 Å². The summed E-state index contributed by atoms with van der Waals surface area (Å²) >= 11 is 0. The van der Waals surface area contributed by atoms with Gasteiger partial charge in [0.1, 0.15) is 6.42 Å². The molecule has 0 fully saturated rings. The molecule has 1 N–H and O–H groups in total. The summed E-state index contributed by atoms with van der Waals surface area (Å²) in [7, 11) is 0. The minimum atomic E-state index is -4.57. The van der Waals surface area contributed by atoms with Crippen LogP contribution < -0.4 is 5.32 Å². The summed E-state index contributed by atoms with van der Waals surface area (Å²) in [5.41, 5.74) is 5.51. The van der Waals surface area contributed by atoms with Crippen LogP contribution in [0.5, 0.6) is 0 Å². The number of alkyl halides is 3. The molecule has 0 aromatic heterocycles. The van der Waals surface area contributed by atoms with E-state index < -0.39 is 18.5 Å². The molecule has 0 aromatic rings. The quantitative estimate of drug-likeness (QED) is 0.606. The summed E-state index contributed by atoms with van der Waals surface area (Å²) in [6, 6.07) is 0. The molecule has 0 unspecified atom stereocenters. The van der Waals surface area contributed by atoms with Gasteiger partial charge in [-0.05, 0) is 24.3 Å². The Morgan fingerprint density at radius 3 is 2.71 bits per heavy atom. The zero-order valence-corrected chi connectivity index (χ0v) is 8.81. The molecule has 1 aliphatic carbocycles. The molecule has 0 spiro atoms. The first-order chi connectivity index (χ1) is 7.83. The fourth-order valence-corrected chi connectivity index (χ4v) is 1.15. The molecule has 1 rings (SSSR count). The van der Waals surface area contributed by atoms with Crippen molar-refractivity contribution in [2.45, 2.75) is 19.5 Å². The highest BCUT2D eigenvalue weighted by molar-refractivity contribution is 5.83. The van der Waals surface area contributed by atoms with Gasteiger partial charge in [-0.3, -0.25) is 9.59 Å². The summed E-state index contributed by atoms with van der Waals surface area (Å²) in [5, 5.41) is 2.04. The number of aldehydes is 1. The molecule has 0 heterocycles. The number of amides is 1. The minimum absolute atomic E-state index is 0.0313. The highest BCUT2D eigenvalue weighted by Crippen LogP contribution is 2.20. The van der Waals surface area contributed by atoms with Gasteiger partial charge in [-0.2, -0.15) is 13.2 Å². The number of carbonyl (C=O) groups excluding carboxylic acids is 2. The zero-order valence-electron chi connectivity index (χ0n) is 8.81.